The second-order valence-electron chi connectivity index (χ2n) is 4.26. The third kappa shape index (κ3) is 2.63. The van der Waals surface area contributed by atoms with E-state index in [-0.39, 0.29) is 5.75 Å². The van der Waals surface area contributed by atoms with Gasteiger partial charge in [-0.2, -0.15) is 0 Å². The first-order chi connectivity index (χ1) is 7.25. The van der Waals surface area contributed by atoms with Crippen molar-refractivity contribution in [2.45, 2.75) is 38.3 Å². The Labute approximate surface area is 90.3 Å². The van der Waals surface area contributed by atoms with Gasteiger partial charge in [-0.3, -0.25) is 0 Å². The largest absolute Gasteiger partial charge is 0.506 e. The number of nitrogen functional groups attached to an aromatic ring is 1. The molecule has 4 N–H and O–H groups in total. The maximum atomic E-state index is 9.28. The fourth-order valence-corrected chi connectivity index (χ4v) is 2.11. The van der Waals surface area contributed by atoms with Gasteiger partial charge in [0.15, 0.2) is 0 Å². The van der Waals surface area contributed by atoms with Crippen molar-refractivity contribution in [3.8, 4) is 5.75 Å². The fourth-order valence-electron chi connectivity index (χ4n) is 2.11. The Morgan fingerprint density at radius 2 is 2.07 bits per heavy atom. The van der Waals surface area contributed by atoms with Crippen LogP contribution in [-0.4, -0.2) is 11.1 Å². The fraction of sp³-hybridized carbons (Fsp3) is 0.500. The SMILES string of the molecule is Nc1cc(CNC2CCCC2)ccc1O. The van der Waals surface area contributed by atoms with E-state index in [1.165, 1.54) is 25.7 Å². The number of aromatic hydroxyl groups is 1. The molecule has 0 saturated heterocycles. The minimum atomic E-state index is 0.166. The van der Waals surface area contributed by atoms with Crippen molar-refractivity contribution in [1.29, 1.82) is 0 Å². The highest BCUT2D eigenvalue weighted by atomic mass is 16.3. The van der Waals surface area contributed by atoms with Crippen molar-refractivity contribution in [3.63, 3.8) is 0 Å². The minimum absolute atomic E-state index is 0.166. The third-order valence-electron chi connectivity index (χ3n) is 3.04. The van der Waals surface area contributed by atoms with Gasteiger partial charge < -0.3 is 16.2 Å². The molecular formula is C12H18N2O. The van der Waals surface area contributed by atoms with Gasteiger partial charge in [-0.05, 0) is 30.5 Å². The van der Waals surface area contributed by atoms with Crippen LogP contribution >= 0.6 is 0 Å². The molecule has 0 spiro atoms. The quantitative estimate of drug-likeness (QED) is 0.523. The van der Waals surface area contributed by atoms with Crippen LogP contribution < -0.4 is 11.1 Å². The number of phenolic OH excluding ortho intramolecular Hbond substituents is 1. The van der Waals surface area contributed by atoms with E-state index in [0.717, 1.165) is 12.1 Å². The molecule has 0 bridgehead atoms. The molecule has 3 nitrogen and oxygen atoms in total. The average molecular weight is 206 g/mol. The molecule has 1 saturated carbocycles. The van der Waals surface area contributed by atoms with Gasteiger partial charge in [-0.25, -0.2) is 0 Å². The van der Waals surface area contributed by atoms with Gasteiger partial charge in [0.2, 0.25) is 0 Å². The summed E-state index contributed by atoms with van der Waals surface area (Å²) in [6.07, 6.45) is 5.26. The van der Waals surface area contributed by atoms with Crippen LogP contribution in [-0.2, 0) is 6.54 Å². The smallest absolute Gasteiger partial charge is 0.138 e. The predicted octanol–water partition coefficient (Wildman–Crippen LogP) is 2.01. The molecule has 0 radical (unpaired) electrons. The average Bonchev–Trinajstić information content (AvgIpc) is 2.73. The van der Waals surface area contributed by atoms with Crippen molar-refractivity contribution < 1.29 is 5.11 Å². The molecule has 0 amide bonds. The lowest BCUT2D eigenvalue weighted by Crippen LogP contribution is -2.25. The molecule has 15 heavy (non-hydrogen) atoms. The van der Waals surface area contributed by atoms with Crippen LogP contribution in [0.2, 0.25) is 0 Å². The van der Waals surface area contributed by atoms with Gasteiger partial charge in [0.25, 0.3) is 0 Å². The van der Waals surface area contributed by atoms with Gasteiger partial charge in [-0.1, -0.05) is 18.9 Å². The molecule has 0 heterocycles. The highest BCUT2D eigenvalue weighted by Crippen LogP contribution is 2.21. The Morgan fingerprint density at radius 3 is 2.73 bits per heavy atom. The number of anilines is 1. The zero-order chi connectivity index (χ0) is 10.7. The molecule has 0 unspecified atom stereocenters. The molecule has 1 aromatic rings. The summed E-state index contributed by atoms with van der Waals surface area (Å²) in [4.78, 5) is 0. The second kappa shape index (κ2) is 4.53. The zero-order valence-corrected chi connectivity index (χ0v) is 8.87. The van der Waals surface area contributed by atoms with E-state index in [2.05, 4.69) is 5.32 Å². The van der Waals surface area contributed by atoms with E-state index in [9.17, 15) is 5.11 Å². The van der Waals surface area contributed by atoms with E-state index in [0.29, 0.717) is 11.7 Å². The number of rotatable bonds is 3. The van der Waals surface area contributed by atoms with Gasteiger partial charge in [0.05, 0.1) is 5.69 Å². The molecule has 1 fully saturated rings. The van der Waals surface area contributed by atoms with Crippen molar-refractivity contribution >= 4 is 5.69 Å². The number of phenols is 1. The van der Waals surface area contributed by atoms with Crippen LogP contribution in [0.3, 0.4) is 0 Å². The van der Waals surface area contributed by atoms with Crippen LogP contribution in [0, 0.1) is 0 Å². The molecular weight excluding hydrogens is 188 g/mol. The Hall–Kier alpha value is -1.22. The van der Waals surface area contributed by atoms with Crippen molar-refractivity contribution in [3.05, 3.63) is 23.8 Å². The summed E-state index contributed by atoms with van der Waals surface area (Å²) < 4.78 is 0. The van der Waals surface area contributed by atoms with Crippen molar-refractivity contribution in [2.75, 3.05) is 5.73 Å². The monoisotopic (exact) mass is 206 g/mol. The standard InChI is InChI=1S/C12H18N2O/c13-11-7-9(5-6-12(11)15)8-14-10-3-1-2-4-10/h5-7,10,14-15H,1-4,8,13H2. The summed E-state index contributed by atoms with van der Waals surface area (Å²) in [5.41, 5.74) is 7.22. The summed E-state index contributed by atoms with van der Waals surface area (Å²) >= 11 is 0. The number of hydrogen-bond donors (Lipinski definition) is 3. The highest BCUT2D eigenvalue weighted by molar-refractivity contribution is 5.53. The summed E-state index contributed by atoms with van der Waals surface area (Å²) in [6.45, 7) is 0.842. The van der Waals surface area contributed by atoms with Crippen LogP contribution in [0.25, 0.3) is 0 Å². The first kappa shape index (κ1) is 10.3. The van der Waals surface area contributed by atoms with E-state index >= 15 is 0 Å². The zero-order valence-electron chi connectivity index (χ0n) is 8.87. The van der Waals surface area contributed by atoms with Crippen LogP contribution in [0.15, 0.2) is 18.2 Å². The molecule has 0 aliphatic heterocycles. The lowest BCUT2D eigenvalue weighted by Gasteiger charge is -2.12. The van der Waals surface area contributed by atoms with E-state index < -0.39 is 0 Å². The number of nitrogens with two attached hydrogens (primary N) is 1. The molecule has 1 aromatic carbocycles. The van der Waals surface area contributed by atoms with Crippen molar-refractivity contribution in [2.24, 2.45) is 0 Å². The second-order valence-corrected chi connectivity index (χ2v) is 4.26. The normalized spacial score (nSPS) is 17.1. The Morgan fingerprint density at radius 1 is 1.33 bits per heavy atom. The maximum Gasteiger partial charge on any atom is 0.138 e. The Bertz CT molecular complexity index is 332. The lowest BCUT2D eigenvalue weighted by atomic mass is 10.1. The maximum absolute atomic E-state index is 9.28. The van der Waals surface area contributed by atoms with Crippen LogP contribution in [0.1, 0.15) is 31.2 Å². The van der Waals surface area contributed by atoms with E-state index in [4.69, 9.17) is 5.73 Å². The number of benzene rings is 1. The highest BCUT2D eigenvalue weighted by Gasteiger charge is 2.13. The third-order valence-corrected chi connectivity index (χ3v) is 3.04. The molecule has 1 aliphatic rings. The lowest BCUT2D eigenvalue weighted by molar-refractivity contribution is 0.477. The van der Waals surface area contributed by atoms with Gasteiger partial charge in [-0.15, -0.1) is 0 Å². The van der Waals surface area contributed by atoms with E-state index in [1.54, 1.807) is 6.07 Å². The number of nitrogens with one attached hydrogen (secondary N) is 1. The predicted molar refractivity (Wildman–Crippen MR) is 61.6 cm³/mol. The molecule has 0 atom stereocenters. The van der Waals surface area contributed by atoms with Gasteiger partial charge in [0.1, 0.15) is 5.75 Å². The summed E-state index contributed by atoms with van der Waals surface area (Å²) in [5.74, 6) is 0.166. The van der Waals surface area contributed by atoms with Crippen LogP contribution in [0.5, 0.6) is 5.75 Å². The first-order valence-electron chi connectivity index (χ1n) is 5.56. The molecule has 3 heteroatoms. The van der Waals surface area contributed by atoms with Crippen LogP contribution in [0.4, 0.5) is 5.69 Å². The molecule has 82 valence electrons. The van der Waals surface area contributed by atoms with Crippen molar-refractivity contribution in [1.82, 2.24) is 5.32 Å². The number of hydrogen-bond acceptors (Lipinski definition) is 3. The molecule has 0 aromatic heterocycles. The molecule has 2 rings (SSSR count). The summed E-state index contributed by atoms with van der Waals surface area (Å²) in [5, 5.41) is 12.8. The van der Waals surface area contributed by atoms with Gasteiger partial charge in [0, 0.05) is 12.6 Å². The molecule has 1 aliphatic carbocycles. The van der Waals surface area contributed by atoms with Gasteiger partial charge >= 0.3 is 0 Å². The Kier molecular flexibility index (Phi) is 3.11. The Balaban J connectivity index is 1.90. The topological polar surface area (TPSA) is 58.3 Å². The van der Waals surface area contributed by atoms with E-state index in [1.807, 2.05) is 12.1 Å². The first-order valence-corrected chi connectivity index (χ1v) is 5.56. The minimum Gasteiger partial charge on any atom is -0.506 e. The summed E-state index contributed by atoms with van der Waals surface area (Å²) in [6, 6.07) is 6.06. The summed E-state index contributed by atoms with van der Waals surface area (Å²) in [7, 11) is 0.